The Hall–Kier alpha value is -2.50. The molecule has 2 heterocycles. The van der Waals surface area contributed by atoms with E-state index in [0.29, 0.717) is 21.5 Å². The Balaban J connectivity index is 2.11. The molecular formula is C20H13BrClN3O. The van der Waals surface area contributed by atoms with Crippen LogP contribution in [-0.2, 0) is 0 Å². The first-order valence-corrected chi connectivity index (χ1v) is 9.11. The first-order chi connectivity index (χ1) is 12.6. The maximum Gasteiger partial charge on any atom is 0.264 e. The Labute approximate surface area is 163 Å². The van der Waals surface area contributed by atoms with Crippen LogP contribution in [0.1, 0.15) is 15.9 Å². The summed E-state index contributed by atoms with van der Waals surface area (Å²) in [5, 5.41) is 1.11. The van der Waals surface area contributed by atoms with Crippen LogP contribution in [-0.4, -0.2) is 20.4 Å². The van der Waals surface area contributed by atoms with Crippen LogP contribution >= 0.6 is 27.5 Å². The number of pyridine rings is 1. The van der Waals surface area contributed by atoms with Crippen LogP contribution in [0.2, 0.25) is 5.02 Å². The van der Waals surface area contributed by atoms with Gasteiger partial charge in [0.05, 0.1) is 21.8 Å². The van der Waals surface area contributed by atoms with E-state index >= 15 is 0 Å². The Morgan fingerprint density at radius 1 is 1.15 bits per heavy atom. The second-order valence-corrected chi connectivity index (χ2v) is 7.09. The minimum atomic E-state index is -0.190. The van der Waals surface area contributed by atoms with Crippen LogP contribution in [0.4, 0.5) is 0 Å². The van der Waals surface area contributed by atoms with Gasteiger partial charge in [0, 0.05) is 27.8 Å². The van der Waals surface area contributed by atoms with Crippen molar-refractivity contribution in [1.82, 2.24) is 14.5 Å². The minimum absolute atomic E-state index is 0.190. The fourth-order valence-corrected chi connectivity index (χ4v) is 3.62. The Bertz CT molecular complexity index is 1130. The highest BCUT2D eigenvalue weighted by molar-refractivity contribution is 9.10. The molecule has 0 aliphatic rings. The molecule has 0 unspecified atom stereocenters. The van der Waals surface area contributed by atoms with E-state index in [4.69, 9.17) is 16.6 Å². The van der Waals surface area contributed by atoms with Crippen molar-refractivity contribution in [2.45, 2.75) is 6.92 Å². The number of aromatic nitrogens is 3. The molecule has 0 N–H and O–H groups in total. The molecule has 4 rings (SSSR count). The van der Waals surface area contributed by atoms with Gasteiger partial charge in [-0.2, -0.15) is 0 Å². The summed E-state index contributed by atoms with van der Waals surface area (Å²) in [6.07, 6.45) is 4.69. The lowest BCUT2D eigenvalue weighted by atomic mass is 9.97. The maximum atomic E-state index is 13.2. The maximum absolute atomic E-state index is 13.2. The summed E-state index contributed by atoms with van der Waals surface area (Å²) in [6, 6.07) is 13.5. The number of halogens is 2. The number of carbonyl (C=O) groups is 1. The smallest absolute Gasteiger partial charge is 0.264 e. The third-order valence-electron chi connectivity index (χ3n) is 4.29. The van der Waals surface area contributed by atoms with Crippen molar-refractivity contribution >= 4 is 44.3 Å². The average molecular weight is 427 g/mol. The molecule has 6 heteroatoms. The van der Waals surface area contributed by atoms with Gasteiger partial charge in [-0.1, -0.05) is 41.9 Å². The first-order valence-electron chi connectivity index (χ1n) is 7.94. The van der Waals surface area contributed by atoms with E-state index < -0.39 is 0 Å². The fourth-order valence-electron chi connectivity index (χ4n) is 3.03. The van der Waals surface area contributed by atoms with Crippen molar-refractivity contribution in [1.29, 1.82) is 0 Å². The van der Waals surface area contributed by atoms with Gasteiger partial charge in [-0.3, -0.25) is 9.36 Å². The molecule has 4 aromatic rings. The van der Waals surface area contributed by atoms with Crippen molar-refractivity contribution in [3.05, 3.63) is 81.8 Å². The summed E-state index contributed by atoms with van der Waals surface area (Å²) < 4.78 is 2.17. The number of nitrogens with zero attached hydrogens (tertiary/aromatic N) is 3. The van der Waals surface area contributed by atoms with Gasteiger partial charge in [-0.05, 0) is 40.5 Å². The average Bonchev–Trinajstić information content (AvgIpc) is 3.20. The third kappa shape index (κ3) is 2.73. The molecule has 0 radical (unpaired) electrons. The minimum Gasteiger partial charge on any atom is -0.272 e. The number of imidazole rings is 1. The van der Waals surface area contributed by atoms with Crippen LogP contribution < -0.4 is 0 Å². The monoisotopic (exact) mass is 425 g/mol. The SMILES string of the molecule is Cc1c(-c2ccccc2)nc2ccc(Br)c(Cl)c2c1C(=O)n1ccnc1. The third-order valence-corrected chi connectivity index (χ3v) is 5.57. The second-order valence-electron chi connectivity index (χ2n) is 5.86. The number of hydrogen-bond acceptors (Lipinski definition) is 3. The molecule has 0 atom stereocenters. The van der Waals surface area contributed by atoms with Gasteiger partial charge in [0.15, 0.2) is 0 Å². The highest BCUT2D eigenvalue weighted by Gasteiger charge is 2.22. The Kier molecular flexibility index (Phi) is 4.34. The normalized spacial score (nSPS) is 11.0. The lowest BCUT2D eigenvalue weighted by molar-refractivity contribution is 0.0961. The fraction of sp³-hybridized carbons (Fsp3) is 0.0500. The molecule has 0 spiro atoms. The molecule has 0 saturated heterocycles. The predicted octanol–water partition coefficient (Wildman–Crippen LogP) is 5.51. The van der Waals surface area contributed by atoms with E-state index in [1.165, 1.54) is 10.9 Å². The van der Waals surface area contributed by atoms with Gasteiger partial charge in [0.25, 0.3) is 5.91 Å². The molecule has 2 aromatic heterocycles. The van der Waals surface area contributed by atoms with Gasteiger partial charge in [0.1, 0.15) is 6.33 Å². The van der Waals surface area contributed by atoms with Crippen molar-refractivity contribution < 1.29 is 4.79 Å². The highest BCUT2D eigenvalue weighted by atomic mass is 79.9. The van der Waals surface area contributed by atoms with Crippen molar-refractivity contribution in [2.24, 2.45) is 0 Å². The first kappa shape index (κ1) is 16.9. The van der Waals surface area contributed by atoms with E-state index in [-0.39, 0.29) is 5.91 Å². The molecule has 0 fully saturated rings. The Morgan fingerprint density at radius 2 is 1.92 bits per heavy atom. The van der Waals surface area contributed by atoms with Crippen LogP contribution in [0.15, 0.2) is 65.7 Å². The number of fused-ring (bicyclic) bond motifs is 1. The summed E-state index contributed by atoms with van der Waals surface area (Å²) in [7, 11) is 0. The van der Waals surface area contributed by atoms with Gasteiger partial charge in [-0.15, -0.1) is 0 Å². The zero-order chi connectivity index (χ0) is 18.3. The zero-order valence-electron chi connectivity index (χ0n) is 13.8. The zero-order valence-corrected chi connectivity index (χ0v) is 16.1. The summed E-state index contributed by atoms with van der Waals surface area (Å²) in [5.41, 5.74) is 3.69. The quantitative estimate of drug-likeness (QED) is 0.424. The molecular weight excluding hydrogens is 414 g/mol. The number of carbonyl (C=O) groups excluding carboxylic acids is 1. The van der Waals surface area contributed by atoms with Crippen LogP contribution in [0, 0.1) is 6.92 Å². The molecule has 0 aliphatic heterocycles. The van der Waals surface area contributed by atoms with E-state index in [1.54, 1.807) is 12.4 Å². The van der Waals surface area contributed by atoms with Crippen LogP contribution in [0.25, 0.3) is 22.2 Å². The lowest BCUT2D eigenvalue weighted by Gasteiger charge is -2.15. The molecule has 0 saturated carbocycles. The molecule has 0 bridgehead atoms. The van der Waals surface area contributed by atoms with Gasteiger partial charge in [-0.25, -0.2) is 9.97 Å². The molecule has 0 amide bonds. The molecule has 4 nitrogen and oxygen atoms in total. The van der Waals surface area contributed by atoms with Crippen molar-refractivity contribution in [3.63, 3.8) is 0 Å². The van der Waals surface area contributed by atoms with Gasteiger partial charge < -0.3 is 0 Å². The standard InChI is InChI=1S/C20H13BrClN3O/c1-12-16(20(26)25-10-9-23-11-25)17-15(8-7-14(21)18(17)22)24-19(12)13-5-3-2-4-6-13/h2-11H,1H3. The predicted molar refractivity (Wildman–Crippen MR) is 107 cm³/mol. The molecule has 2 aromatic carbocycles. The topological polar surface area (TPSA) is 47.8 Å². The van der Waals surface area contributed by atoms with Crippen molar-refractivity contribution in [2.75, 3.05) is 0 Å². The lowest BCUT2D eigenvalue weighted by Crippen LogP contribution is -2.14. The largest absolute Gasteiger partial charge is 0.272 e. The number of benzene rings is 2. The van der Waals surface area contributed by atoms with E-state index in [9.17, 15) is 4.79 Å². The summed E-state index contributed by atoms with van der Waals surface area (Å²) in [6.45, 7) is 1.90. The van der Waals surface area contributed by atoms with Gasteiger partial charge >= 0.3 is 0 Å². The van der Waals surface area contributed by atoms with E-state index in [2.05, 4.69) is 20.9 Å². The number of rotatable bonds is 2. The van der Waals surface area contributed by atoms with Crippen molar-refractivity contribution in [3.8, 4) is 11.3 Å². The molecule has 26 heavy (non-hydrogen) atoms. The van der Waals surface area contributed by atoms with E-state index in [1.807, 2.05) is 49.4 Å². The molecule has 128 valence electrons. The summed E-state index contributed by atoms with van der Waals surface area (Å²) >= 11 is 9.99. The second kappa shape index (κ2) is 6.67. The van der Waals surface area contributed by atoms with Crippen LogP contribution in [0.3, 0.4) is 0 Å². The summed E-state index contributed by atoms with van der Waals surface area (Å²) in [5.74, 6) is -0.190. The number of hydrogen-bond donors (Lipinski definition) is 0. The van der Waals surface area contributed by atoms with Gasteiger partial charge in [0.2, 0.25) is 0 Å². The molecule has 0 aliphatic carbocycles. The van der Waals surface area contributed by atoms with Crippen LogP contribution in [0.5, 0.6) is 0 Å². The highest BCUT2D eigenvalue weighted by Crippen LogP contribution is 2.37. The Morgan fingerprint density at radius 3 is 2.62 bits per heavy atom. The summed E-state index contributed by atoms with van der Waals surface area (Å²) in [4.78, 5) is 22.0. The van der Waals surface area contributed by atoms with E-state index in [0.717, 1.165) is 21.3 Å².